The molecule has 1 aliphatic carbocycles. The maximum absolute atomic E-state index is 12.7. The molecule has 2 aromatic heterocycles. The summed E-state index contributed by atoms with van der Waals surface area (Å²) >= 11 is 0. The van der Waals surface area contributed by atoms with E-state index in [4.69, 9.17) is 0 Å². The van der Waals surface area contributed by atoms with E-state index in [1.807, 2.05) is 24.4 Å². The number of carbonyl (C=O) groups is 1. The van der Waals surface area contributed by atoms with Crippen molar-refractivity contribution in [2.24, 2.45) is 0 Å². The van der Waals surface area contributed by atoms with Crippen molar-refractivity contribution < 1.29 is 22.7 Å². The Balaban J connectivity index is 1.43. The van der Waals surface area contributed by atoms with Gasteiger partial charge in [0.1, 0.15) is 5.75 Å². The van der Waals surface area contributed by atoms with Crippen molar-refractivity contribution in [3.63, 3.8) is 0 Å². The summed E-state index contributed by atoms with van der Waals surface area (Å²) in [6.07, 6.45) is 0.662. The molecule has 1 fully saturated rings. The third-order valence-corrected chi connectivity index (χ3v) is 4.40. The highest BCUT2D eigenvalue weighted by atomic mass is 19.4. The number of pyridine rings is 1. The van der Waals surface area contributed by atoms with E-state index in [9.17, 15) is 18.0 Å². The van der Waals surface area contributed by atoms with Crippen molar-refractivity contribution in [1.82, 2.24) is 14.5 Å². The summed E-state index contributed by atoms with van der Waals surface area (Å²) in [6.45, 7) is 0.438. The molecular formula is C19H17F3N4O2. The minimum Gasteiger partial charge on any atom is -0.406 e. The van der Waals surface area contributed by atoms with E-state index < -0.39 is 6.36 Å². The summed E-state index contributed by atoms with van der Waals surface area (Å²) < 4.78 is 42.3. The average molecular weight is 390 g/mol. The van der Waals surface area contributed by atoms with Crippen LogP contribution in [-0.4, -0.2) is 32.9 Å². The minimum atomic E-state index is -4.75. The predicted molar refractivity (Wildman–Crippen MR) is 95.9 cm³/mol. The van der Waals surface area contributed by atoms with E-state index in [0.29, 0.717) is 12.2 Å². The molecule has 0 aliphatic heterocycles. The molecule has 0 bridgehead atoms. The summed E-state index contributed by atoms with van der Waals surface area (Å²) in [6, 6.07) is 10.7. The zero-order valence-corrected chi connectivity index (χ0v) is 14.7. The molecule has 0 unspecified atom stereocenters. The van der Waals surface area contributed by atoms with Gasteiger partial charge in [-0.2, -0.15) is 5.10 Å². The molecule has 0 radical (unpaired) electrons. The van der Waals surface area contributed by atoms with Crippen LogP contribution in [0.5, 0.6) is 5.75 Å². The predicted octanol–water partition coefficient (Wildman–Crippen LogP) is 4.43. The van der Waals surface area contributed by atoms with Crippen LogP contribution in [0.4, 0.5) is 23.7 Å². The first kappa shape index (κ1) is 18.1. The molecule has 9 heteroatoms. The third-order valence-electron chi connectivity index (χ3n) is 4.40. The van der Waals surface area contributed by atoms with Gasteiger partial charge in [0.2, 0.25) is 0 Å². The van der Waals surface area contributed by atoms with Crippen molar-refractivity contribution in [3.8, 4) is 5.75 Å². The lowest BCUT2D eigenvalue weighted by Gasteiger charge is -2.23. The molecule has 6 nitrogen and oxygen atoms in total. The fourth-order valence-electron chi connectivity index (χ4n) is 2.95. The molecule has 146 valence electrons. The highest BCUT2D eigenvalue weighted by Gasteiger charge is 2.33. The number of halogens is 3. The lowest BCUT2D eigenvalue weighted by Crippen LogP contribution is -2.36. The average Bonchev–Trinajstić information content (AvgIpc) is 3.37. The van der Waals surface area contributed by atoms with Crippen LogP contribution in [0.25, 0.3) is 5.52 Å². The maximum Gasteiger partial charge on any atom is 0.573 e. The van der Waals surface area contributed by atoms with E-state index in [-0.39, 0.29) is 17.8 Å². The number of fused-ring (bicyclic) bond motifs is 1. The van der Waals surface area contributed by atoms with Crippen molar-refractivity contribution in [1.29, 1.82) is 0 Å². The van der Waals surface area contributed by atoms with Gasteiger partial charge in [0, 0.05) is 30.7 Å². The highest BCUT2D eigenvalue weighted by Crippen LogP contribution is 2.30. The van der Waals surface area contributed by atoms with E-state index >= 15 is 0 Å². The summed E-state index contributed by atoms with van der Waals surface area (Å²) in [4.78, 5) is 14.5. The van der Waals surface area contributed by atoms with Gasteiger partial charge in [0.05, 0.1) is 5.52 Å². The molecule has 2 heterocycles. The smallest absolute Gasteiger partial charge is 0.406 e. The Morgan fingerprint density at radius 2 is 1.96 bits per heavy atom. The number of anilines is 1. The summed E-state index contributed by atoms with van der Waals surface area (Å²) in [5.74, 6) is -0.335. The second-order valence-electron chi connectivity index (χ2n) is 6.60. The van der Waals surface area contributed by atoms with Gasteiger partial charge in [-0.25, -0.2) is 9.31 Å². The molecule has 3 aromatic rings. The van der Waals surface area contributed by atoms with Gasteiger partial charge >= 0.3 is 12.4 Å². The number of rotatable bonds is 5. The van der Waals surface area contributed by atoms with Crippen molar-refractivity contribution in [2.75, 3.05) is 5.32 Å². The quantitative estimate of drug-likeness (QED) is 0.701. The normalized spacial score (nSPS) is 14.1. The number of hydrogen-bond acceptors (Lipinski definition) is 3. The van der Waals surface area contributed by atoms with Gasteiger partial charge in [0.25, 0.3) is 0 Å². The summed E-state index contributed by atoms with van der Waals surface area (Å²) in [5, 5.41) is 6.89. The first-order valence-electron chi connectivity index (χ1n) is 8.73. The SMILES string of the molecule is O=C(Nc1ccc(OC(F)(F)F)cc1)N(Cc1ccn2nccc2c1)C1CC1. The van der Waals surface area contributed by atoms with Crippen LogP contribution >= 0.6 is 0 Å². The third kappa shape index (κ3) is 4.36. The molecule has 2 amide bonds. The number of urea groups is 1. The summed E-state index contributed by atoms with van der Waals surface area (Å²) in [7, 11) is 0. The molecule has 28 heavy (non-hydrogen) atoms. The highest BCUT2D eigenvalue weighted by molar-refractivity contribution is 5.89. The lowest BCUT2D eigenvalue weighted by atomic mass is 10.2. The Kier molecular flexibility index (Phi) is 4.58. The van der Waals surface area contributed by atoms with E-state index in [1.165, 1.54) is 12.1 Å². The Morgan fingerprint density at radius 1 is 1.21 bits per heavy atom. The first-order chi connectivity index (χ1) is 13.4. The Hall–Kier alpha value is -3.23. The maximum atomic E-state index is 12.7. The number of nitrogens with zero attached hydrogens (tertiary/aromatic N) is 3. The van der Waals surface area contributed by atoms with Crippen molar-refractivity contribution >= 4 is 17.2 Å². The van der Waals surface area contributed by atoms with Crippen LogP contribution in [0.3, 0.4) is 0 Å². The molecule has 0 atom stereocenters. The largest absolute Gasteiger partial charge is 0.573 e. The van der Waals surface area contributed by atoms with Crippen molar-refractivity contribution in [2.45, 2.75) is 31.8 Å². The molecular weight excluding hydrogens is 373 g/mol. The topological polar surface area (TPSA) is 58.9 Å². The van der Waals surface area contributed by atoms with Crippen LogP contribution in [0, 0.1) is 0 Å². The zero-order valence-electron chi connectivity index (χ0n) is 14.7. The number of aromatic nitrogens is 2. The number of benzene rings is 1. The van der Waals surface area contributed by atoms with E-state index in [2.05, 4.69) is 15.2 Å². The van der Waals surface area contributed by atoms with Gasteiger partial charge in [-0.15, -0.1) is 13.2 Å². The molecule has 1 saturated carbocycles. The number of carbonyl (C=O) groups excluding carboxylic acids is 1. The van der Waals surface area contributed by atoms with E-state index in [0.717, 1.165) is 36.1 Å². The second kappa shape index (κ2) is 7.06. The van der Waals surface area contributed by atoms with Crippen LogP contribution in [0.15, 0.2) is 54.9 Å². The van der Waals surface area contributed by atoms with Crippen LogP contribution < -0.4 is 10.1 Å². The van der Waals surface area contributed by atoms with Gasteiger partial charge in [-0.3, -0.25) is 0 Å². The Bertz CT molecular complexity index is 981. The number of amides is 2. The first-order valence-corrected chi connectivity index (χ1v) is 8.73. The standard InChI is InChI=1S/C19H17F3N4O2/c20-19(21,22)28-17-5-1-14(2-6-17)24-18(27)25(15-3-4-15)12-13-8-10-26-16(11-13)7-9-23-26/h1-2,5-11,15H,3-4,12H2,(H,24,27). The molecule has 1 aromatic carbocycles. The van der Waals surface area contributed by atoms with Gasteiger partial charge in [-0.05, 0) is 60.9 Å². The molecule has 1 aliphatic rings. The number of hydrogen-bond donors (Lipinski definition) is 1. The van der Waals surface area contributed by atoms with Gasteiger partial charge < -0.3 is 15.0 Å². The zero-order chi connectivity index (χ0) is 19.7. The molecule has 0 spiro atoms. The summed E-state index contributed by atoms with van der Waals surface area (Å²) in [5.41, 5.74) is 2.31. The molecule has 4 rings (SSSR count). The number of nitrogens with one attached hydrogen (secondary N) is 1. The number of alkyl halides is 3. The Morgan fingerprint density at radius 3 is 2.64 bits per heavy atom. The van der Waals surface area contributed by atoms with Crippen LogP contribution in [0.2, 0.25) is 0 Å². The molecule has 1 N–H and O–H groups in total. The fourth-order valence-corrected chi connectivity index (χ4v) is 2.95. The van der Waals surface area contributed by atoms with Crippen molar-refractivity contribution in [3.05, 3.63) is 60.4 Å². The Labute approximate surface area is 158 Å². The van der Waals surface area contributed by atoms with Crippen LogP contribution in [-0.2, 0) is 6.54 Å². The van der Waals surface area contributed by atoms with Gasteiger partial charge in [-0.1, -0.05) is 0 Å². The molecule has 0 saturated heterocycles. The monoisotopic (exact) mass is 390 g/mol. The van der Waals surface area contributed by atoms with E-state index in [1.54, 1.807) is 15.6 Å². The minimum absolute atomic E-state index is 0.161. The second-order valence-corrected chi connectivity index (χ2v) is 6.60. The fraction of sp³-hybridized carbons (Fsp3) is 0.263. The van der Waals surface area contributed by atoms with Crippen LogP contribution in [0.1, 0.15) is 18.4 Å². The number of ether oxygens (including phenoxy) is 1. The lowest BCUT2D eigenvalue weighted by molar-refractivity contribution is -0.274. The van der Waals surface area contributed by atoms with Gasteiger partial charge in [0.15, 0.2) is 0 Å².